The molecule has 0 bridgehead atoms. The Kier molecular flexibility index (Phi) is 5.31. The van der Waals surface area contributed by atoms with E-state index in [2.05, 4.69) is 16.0 Å². The second kappa shape index (κ2) is 7.54. The molecule has 0 aromatic carbocycles. The van der Waals surface area contributed by atoms with E-state index < -0.39 is 11.7 Å². The molecule has 0 spiro atoms. The van der Waals surface area contributed by atoms with Crippen LogP contribution in [0.3, 0.4) is 0 Å². The lowest BCUT2D eigenvalue weighted by Crippen LogP contribution is -2.32. The van der Waals surface area contributed by atoms with Gasteiger partial charge in [0, 0.05) is 32.4 Å². The summed E-state index contributed by atoms with van der Waals surface area (Å²) in [5.74, 6) is 1.11. The number of hydrogen-bond donors (Lipinski definition) is 1. The van der Waals surface area contributed by atoms with Gasteiger partial charge in [0.2, 0.25) is 0 Å². The minimum atomic E-state index is -4.40. The summed E-state index contributed by atoms with van der Waals surface area (Å²) in [6.07, 6.45) is -2.77. The third kappa shape index (κ3) is 3.81. The van der Waals surface area contributed by atoms with Crippen molar-refractivity contribution in [2.24, 2.45) is 0 Å². The van der Waals surface area contributed by atoms with Crippen molar-refractivity contribution in [1.82, 2.24) is 9.97 Å². The zero-order valence-electron chi connectivity index (χ0n) is 15.7. The Labute approximate surface area is 161 Å². The van der Waals surface area contributed by atoms with Crippen LogP contribution in [0.4, 0.5) is 30.5 Å². The first-order valence-electron chi connectivity index (χ1n) is 8.92. The average molecular weight is 390 g/mol. The number of nitrogens with two attached hydrogens (primary N) is 1. The lowest BCUT2D eigenvalue weighted by atomic mass is 10.1. The van der Waals surface area contributed by atoms with Gasteiger partial charge in [0.05, 0.1) is 22.5 Å². The molecule has 28 heavy (non-hydrogen) atoms. The van der Waals surface area contributed by atoms with Crippen LogP contribution in [-0.2, 0) is 6.18 Å². The number of nitriles is 1. The molecule has 2 N–H and O–H groups in total. The number of nitrogen functional groups attached to an aromatic ring is 1. The fraction of sp³-hybridized carbons (Fsp3) is 0.421. The third-order valence-corrected chi connectivity index (χ3v) is 4.97. The molecule has 2 aromatic heterocycles. The molecule has 0 saturated carbocycles. The van der Waals surface area contributed by atoms with E-state index in [1.54, 1.807) is 0 Å². The molecule has 1 aliphatic heterocycles. The highest BCUT2D eigenvalue weighted by molar-refractivity contribution is 5.67. The Morgan fingerprint density at radius 1 is 1.11 bits per heavy atom. The van der Waals surface area contributed by atoms with Crippen molar-refractivity contribution < 1.29 is 13.2 Å². The lowest BCUT2D eigenvalue weighted by molar-refractivity contribution is -0.137. The molecule has 1 aliphatic rings. The molecule has 3 rings (SSSR count). The van der Waals surface area contributed by atoms with Gasteiger partial charge < -0.3 is 15.5 Å². The van der Waals surface area contributed by atoms with Crippen molar-refractivity contribution >= 4 is 17.3 Å². The highest BCUT2D eigenvalue weighted by Crippen LogP contribution is 2.30. The minimum Gasteiger partial charge on any atom is -0.397 e. The van der Waals surface area contributed by atoms with Crippen LogP contribution in [0, 0.1) is 25.2 Å². The molecular weight excluding hydrogens is 369 g/mol. The van der Waals surface area contributed by atoms with Gasteiger partial charge in [0.1, 0.15) is 17.7 Å². The van der Waals surface area contributed by atoms with Gasteiger partial charge in [-0.05, 0) is 38.0 Å². The number of hydrogen-bond acceptors (Lipinski definition) is 6. The maximum absolute atomic E-state index is 12.7. The summed E-state index contributed by atoms with van der Waals surface area (Å²) in [5.41, 5.74) is 7.62. The Balaban J connectivity index is 1.80. The molecule has 2 aromatic rings. The van der Waals surface area contributed by atoms with Gasteiger partial charge in [-0.15, -0.1) is 0 Å². The van der Waals surface area contributed by atoms with Crippen LogP contribution < -0.4 is 15.5 Å². The lowest BCUT2D eigenvalue weighted by Gasteiger charge is -2.25. The second-order valence-corrected chi connectivity index (χ2v) is 6.78. The molecule has 9 heteroatoms. The van der Waals surface area contributed by atoms with E-state index in [0.717, 1.165) is 24.2 Å². The molecule has 6 nitrogen and oxygen atoms in total. The predicted molar refractivity (Wildman–Crippen MR) is 101 cm³/mol. The molecule has 3 heterocycles. The molecule has 0 aliphatic carbocycles. The molecule has 0 radical (unpaired) electrons. The van der Waals surface area contributed by atoms with Crippen LogP contribution in [0.5, 0.6) is 0 Å². The molecule has 0 amide bonds. The van der Waals surface area contributed by atoms with Crippen molar-refractivity contribution in [2.45, 2.75) is 26.4 Å². The van der Waals surface area contributed by atoms with Crippen LogP contribution in [-0.4, -0.2) is 36.1 Å². The number of aromatic nitrogens is 2. The average Bonchev–Trinajstić information content (AvgIpc) is 2.91. The normalized spacial score (nSPS) is 15.3. The van der Waals surface area contributed by atoms with Gasteiger partial charge in [0.15, 0.2) is 0 Å². The van der Waals surface area contributed by atoms with E-state index in [9.17, 15) is 18.4 Å². The number of halogens is 3. The Morgan fingerprint density at radius 2 is 1.79 bits per heavy atom. The third-order valence-electron chi connectivity index (χ3n) is 4.97. The summed E-state index contributed by atoms with van der Waals surface area (Å²) in [7, 11) is 0. The topological polar surface area (TPSA) is 82.1 Å². The van der Waals surface area contributed by atoms with Crippen LogP contribution in [0.15, 0.2) is 18.3 Å². The fourth-order valence-corrected chi connectivity index (χ4v) is 3.31. The SMILES string of the molecule is Cc1nc(N2CCCN(c3ccc(C(F)(F)F)cn3)CC2)c(C#N)c(C)c1N. The zero-order chi connectivity index (χ0) is 20.5. The smallest absolute Gasteiger partial charge is 0.397 e. The van der Waals surface area contributed by atoms with Crippen molar-refractivity contribution in [3.05, 3.63) is 40.7 Å². The zero-order valence-corrected chi connectivity index (χ0v) is 15.7. The van der Waals surface area contributed by atoms with Gasteiger partial charge in [-0.25, -0.2) is 9.97 Å². The van der Waals surface area contributed by atoms with Gasteiger partial charge in [-0.1, -0.05) is 0 Å². The minimum absolute atomic E-state index is 0.462. The summed E-state index contributed by atoms with van der Waals surface area (Å²) >= 11 is 0. The van der Waals surface area contributed by atoms with Gasteiger partial charge in [0.25, 0.3) is 0 Å². The van der Waals surface area contributed by atoms with E-state index in [1.807, 2.05) is 23.6 Å². The van der Waals surface area contributed by atoms with Crippen LogP contribution in [0.25, 0.3) is 0 Å². The fourth-order valence-electron chi connectivity index (χ4n) is 3.31. The quantitative estimate of drug-likeness (QED) is 0.847. The van der Waals surface area contributed by atoms with Crippen LogP contribution in [0.1, 0.15) is 28.8 Å². The molecule has 1 saturated heterocycles. The van der Waals surface area contributed by atoms with Gasteiger partial charge in [-0.3, -0.25) is 0 Å². The number of anilines is 3. The molecule has 0 unspecified atom stereocenters. The largest absolute Gasteiger partial charge is 0.417 e. The van der Waals surface area contributed by atoms with E-state index in [-0.39, 0.29) is 0 Å². The standard InChI is InChI=1S/C19H21F3N6/c1-12-15(10-23)18(26-13(2)17(12)24)28-7-3-6-27(8-9-28)16-5-4-14(11-25-16)19(20,21)22/h4-5,11H,3,6-9,24H2,1-2H3. The number of nitrogens with zero attached hydrogens (tertiary/aromatic N) is 5. The summed E-state index contributed by atoms with van der Waals surface area (Å²) in [6.45, 7) is 6.09. The van der Waals surface area contributed by atoms with E-state index in [0.29, 0.717) is 54.8 Å². The van der Waals surface area contributed by atoms with Crippen molar-refractivity contribution in [2.75, 3.05) is 41.7 Å². The predicted octanol–water partition coefficient (Wildman–Crippen LogP) is 3.28. The Bertz CT molecular complexity index is 902. The maximum Gasteiger partial charge on any atom is 0.417 e. The molecule has 1 fully saturated rings. The number of aryl methyl sites for hydroxylation is 1. The Morgan fingerprint density at radius 3 is 2.39 bits per heavy atom. The molecule has 0 atom stereocenters. The van der Waals surface area contributed by atoms with Crippen molar-refractivity contribution in [3.8, 4) is 6.07 Å². The summed E-state index contributed by atoms with van der Waals surface area (Å²) < 4.78 is 38.2. The number of alkyl halides is 3. The Hall–Kier alpha value is -3.02. The van der Waals surface area contributed by atoms with E-state index in [4.69, 9.17) is 5.73 Å². The van der Waals surface area contributed by atoms with Gasteiger partial charge >= 0.3 is 6.18 Å². The highest BCUT2D eigenvalue weighted by Gasteiger charge is 2.31. The number of pyridine rings is 2. The molecular formula is C19H21F3N6. The van der Waals surface area contributed by atoms with Crippen molar-refractivity contribution in [3.63, 3.8) is 0 Å². The van der Waals surface area contributed by atoms with Crippen LogP contribution >= 0.6 is 0 Å². The second-order valence-electron chi connectivity index (χ2n) is 6.78. The monoisotopic (exact) mass is 390 g/mol. The van der Waals surface area contributed by atoms with E-state index in [1.165, 1.54) is 6.07 Å². The number of rotatable bonds is 2. The first-order chi connectivity index (χ1) is 13.2. The summed E-state index contributed by atoms with van der Waals surface area (Å²) in [5, 5.41) is 9.55. The van der Waals surface area contributed by atoms with E-state index >= 15 is 0 Å². The molecule has 148 valence electrons. The van der Waals surface area contributed by atoms with Gasteiger partial charge in [-0.2, -0.15) is 18.4 Å². The highest BCUT2D eigenvalue weighted by atomic mass is 19.4. The first-order valence-corrected chi connectivity index (χ1v) is 8.92. The summed E-state index contributed by atoms with van der Waals surface area (Å²) in [6, 6.07) is 4.64. The first kappa shape index (κ1) is 19.7. The maximum atomic E-state index is 12.7. The summed E-state index contributed by atoms with van der Waals surface area (Å²) in [4.78, 5) is 12.5. The van der Waals surface area contributed by atoms with Crippen molar-refractivity contribution in [1.29, 1.82) is 5.26 Å². The van der Waals surface area contributed by atoms with Crippen LogP contribution in [0.2, 0.25) is 0 Å².